The first-order valence-corrected chi connectivity index (χ1v) is 7.42. The second kappa shape index (κ2) is 7.40. The van der Waals surface area contributed by atoms with Gasteiger partial charge in [0.1, 0.15) is 0 Å². The number of halogens is 2. The standard InChI is InChI=1S/C14H21BrClN/c1-4-11(5-2)10(3)17-9-12-8-13(16)6-7-14(12)15/h6-8,10-11,17H,4-5,9H2,1-3H3. The van der Waals surface area contributed by atoms with Crippen molar-refractivity contribution in [1.29, 1.82) is 0 Å². The van der Waals surface area contributed by atoms with E-state index in [4.69, 9.17) is 11.6 Å². The van der Waals surface area contributed by atoms with Crippen molar-refractivity contribution in [2.75, 3.05) is 0 Å². The normalized spacial score (nSPS) is 13.1. The lowest BCUT2D eigenvalue weighted by atomic mass is 9.95. The van der Waals surface area contributed by atoms with E-state index < -0.39 is 0 Å². The van der Waals surface area contributed by atoms with Crippen LogP contribution in [0.5, 0.6) is 0 Å². The van der Waals surface area contributed by atoms with Gasteiger partial charge in [-0.15, -0.1) is 0 Å². The minimum atomic E-state index is 0.538. The third-order valence-electron chi connectivity index (χ3n) is 3.38. The Kier molecular flexibility index (Phi) is 6.53. The lowest BCUT2D eigenvalue weighted by Crippen LogP contribution is -2.32. The van der Waals surface area contributed by atoms with Gasteiger partial charge in [-0.3, -0.25) is 0 Å². The molecule has 1 unspecified atom stereocenters. The van der Waals surface area contributed by atoms with Gasteiger partial charge in [0.05, 0.1) is 0 Å². The lowest BCUT2D eigenvalue weighted by Gasteiger charge is -2.23. The fourth-order valence-corrected chi connectivity index (χ4v) is 2.69. The van der Waals surface area contributed by atoms with Crippen molar-refractivity contribution in [2.24, 2.45) is 5.92 Å². The highest BCUT2D eigenvalue weighted by Crippen LogP contribution is 2.21. The molecule has 96 valence electrons. The zero-order chi connectivity index (χ0) is 12.8. The third kappa shape index (κ3) is 4.61. The van der Waals surface area contributed by atoms with Gasteiger partial charge < -0.3 is 5.32 Å². The van der Waals surface area contributed by atoms with E-state index in [0.29, 0.717) is 6.04 Å². The molecule has 0 spiro atoms. The molecule has 1 aromatic carbocycles. The summed E-state index contributed by atoms with van der Waals surface area (Å²) >= 11 is 9.55. The van der Waals surface area contributed by atoms with Gasteiger partial charge in [-0.05, 0) is 36.6 Å². The van der Waals surface area contributed by atoms with Crippen molar-refractivity contribution < 1.29 is 0 Å². The van der Waals surface area contributed by atoms with Crippen LogP contribution in [0.3, 0.4) is 0 Å². The van der Waals surface area contributed by atoms with E-state index in [1.54, 1.807) is 0 Å². The molecule has 1 rings (SSSR count). The Labute approximate surface area is 118 Å². The molecule has 0 aromatic heterocycles. The van der Waals surface area contributed by atoms with Gasteiger partial charge in [0.15, 0.2) is 0 Å². The molecular weight excluding hydrogens is 298 g/mol. The number of hydrogen-bond donors (Lipinski definition) is 1. The van der Waals surface area contributed by atoms with E-state index in [2.05, 4.69) is 42.0 Å². The van der Waals surface area contributed by atoms with Crippen molar-refractivity contribution >= 4 is 27.5 Å². The molecule has 0 aliphatic carbocycles. The van der Waals surface area contributed by atoms with Gasteiger partial charge in [0, 0.05) is 22.1 Å². The minimum absolute atomic E-state index is 0.538. The Morgan fingerprint density at radius 2 is 1.94 bits per heavy atom. The molecule has 1 nitrogen and oxygen atoms in total. The van der Waals surface area contributed by atoms with E-state index in [0.717, 1.165) is 22.0 Å². The number of rotatable bonds is 6. The van der Waals surface area contributed by atoms with Crippen LogP contribution in [0.25, 0.3) is 0 Å². The topological polar surface area (TPSA) is 12.0 Å². The van der Waals surface area contributed by atoms with Crippen LogP contribution in [0.1, 0.15) is 39.2 Å². The summed E-state index contributed by atoms with van der Waals surface area (Å²) in [6, 6.07) is 6.45. The van der Waals surface area contributed by atoms with Gasteiger partial charge >= 0.3 is 0 Å². The number of benzene rings is 1. The molecule has 0 heterocycles. The maximum atomic E-state index is 6.00. The molecule has 0 bridgehead atoms. The van der Waals surface area contributed by atoms with Crippen LogP contribution < -0.4 is 5.32 Å². The molecular formula is C14H21BrClN. The SMILES string of the molecule is CCC(CC)C(C)NCc1cc(Cl)ccc1Br. The van der Waals surface area contributed by atoms with Crippen LogP contribution in [-0.2, 0) is 6.54 Å². The summed E-state index contributed by atoms with van der Waals surface area (Å²) < 4.78 is 1.12. The average Bonchev–Trinajstić information content (AvgIpc) is 2.32. The summed E-state index contributed by atoms with van der Waals surface area (Å²) in [7, 11) is 0. The van der Waals surface area contributed by atoms with E-state index in [9.17, 15) is 0 Å². The van der Waals surface area contributed by atoms with E-state index in [1.807, 2.05) is 18.2 Å². The summed E-state index contributed by atoms with van der Waals surface area (Å²) in [5, 5.41) is 4.37. The van der Waals surface area contributed by atoms with Crippen LogP contribution in [0.4, 0.5) is 0 Å². The maximum absolute atomic E-state index is 6.00. The van der Waals surface area contributed by atoms with E-state index in [-0.39, 0.29) is 0 Å². The summed E-state index contributed by atoms with van der Waals surface area (Å²) in [5.74, 6) is 0.743. The van der Waals surface area contributed by atoms with Crippen molar-refractivity contribution in [1.82, 2.24) is 5.32 Å². The Morgan fingerprint density at radius 3 is 2.53 bits per heavy atom. The monoisotopic (exact) mass is 317 g/mol. The van der Waals surface area contributed by atoms with Crippen molar-refractivity contribution in [3.05, 3.63) is 33.3 Å². The first-order valence-electron chi connectivity index (χ1n) is 6.25. The van der Waals surface area contributed by atoms with Crippen molar-refractivity contribution in [3.8, 4) is 0 Å². The first-order chi connectivity index (χ1) is 8.08. The summed E-state index contributed by atoms with van der Waals surface area (Å²) in [4.78, 5) is 0. The fraction of sp³-hybridized carbons (Fsp3) is 0.571. The Hall–Kier alpha value is -0.0500. The molecule has 0 fully saturated rings. The molecule has 0 radical (unpaired) electrons. The Balaban J connectivity index is 2.57. The van der Waals surface area contributed by atoms with Gasteiger partial charge in [-0.1, -0.05) is 54.2 Å². The van der Waals surface area contributed by atoms with Gasteiger partial charge in [-0.2, -0.15) is 0 Å². The second-order valence-electron chi connectivity index (χ2n) is 4.48. The number of nitrogens with one attached hydrogen (secondary N) is 1. The molecule has 0 saturated carbocycles. The Morgan fingerprint density at radius 1 is 1.29 bits per heavy atom. The molecule has 0 aliphatic rings. The van der Waals surface area contributed by atoms with Crippen LogP contribution >= 0.6 is 27.5 Å². The van der Waals surface area contributed by atoms with E-state index in [1.165, 1.54) is 18.4 Å². The fourth-order valence-electron chi connectivity index (χ4n) is 2.11. The smallest absolute Gasteiger partial charge is 0.0410 e. The highest BCUT2D eigenvalue weighted by molar-refractivity contribution is 9.10. The first kappa shape index (κ1) is 15.0. The van der Waals surface area contributed by atoms with Gasteiger partial charge in [0.25, 0.3) is 0 Å². The third-order valence-corrected chi connectivity index (χ3v) is 4.39. The van der Waals surface area contributed by atoms with Crippen LogP contribution in [0, 0.1) is 5.92 Å². The lowest BCUT2D eigenvalue weighted by molar-refractivity contribution is 0.353. The summed E-state index contributed by atoms with van der Waals surface area (Å²) in [6.45, 7) is 7.62. The highest BCUT2D eigenvalue weighted by atomic mass is 79.9. The molecule has 3 heteroatoms. The average molecular weight is 319 g/mol. The largest absolute Gasteiger partial charge is 0.310 e. The van der Waals surface area contributed by atoms with Crippen molar-refractivity contribution in [3.63, 3.8) is 0 Å². The zero-order valence-corrected chi connectivity index (χ0v) is 13.1. The Bertz CT molecular complexity index is 350. The van der Waals surface area contributed by atoms with E-state index >= 15 is 0 Å². The van der Waals surface area contributed by atoms with Crippen LogP contribution in [0.2, 0.25) is 5.02 Å². The molecule has 17 heavy (non-hydrogen) atoms. The molecule has 0 amide bonds. The highest BCUT2D eigenvalue weighted by Gasteiger charge is 2.13. The zero-order valence-electron chi connectivity index (χ0n) is 10.8. The maximum Gasteiger partial charge on any atom is 0.0410 e. The minimum Gasteiger partial charge on any atom is -0.310 e. The number of hydrogen-bond acceptors (Lipinski definition) is 1. The molecule has 0 aliphatic heterocycles. The van der Waals surface area contributed by atoms with Crippen LogP contribution in [0.15, 0.2) is 22.7 Å². The summed E-state index contributed by atoms with van der Waals surface area (Å²) in [5.41, 5.74) is 1.22. The van der Waals surface area contributed by atoms with Gasteiger partial charge in [-0.25, -0.2) is 0 Å². The quantitative estimate of drug-likeness (QED) is 0.777. The molecule has 1 N–H and O–H groups in total. The molecule has 0 saturated heterocycles. The molecule has 1 aromatic rings. The van der Waals surface area contributed by atoms with Crippen molar-refractivity contribution in [2.45, 2.75) is 46.2 Å². The van der Waals surface area contributed by atoms with Crippen LogP contribution in [-0.4, -0.2) is 6.04 Å². The second-order valence-corrected chi connectivity index (χ2v) is 5.77. The van der Waals surface area contributed by atoms with Gasteiger partial charge in [0.2, 0.25) is 0 Å². The molecule has 1 atom stereocenters. The predicted molar refractivity (Wildman–Crippen MR) is 79.5 cm³/mol. The summed E-state index contributed by atoms with van der Waals surface area (Å²) in [6.07, 6.45) is 2.45. The predicted octanol–water partition coefficient (Wildman–Crippen LogP) is 5.02.